The lowest BCUT2D eigenvalue weighted by atomic mass is 10.1. The first-order valence-electron chi connectivity index (χ1n) is 6.29. The Bertz CT molecular complexity index is 828. The third kappa shape index (κ3) is 2.53. The molecule has 0 aliphatic carbocycles. The highest BCUT2D eigenvalue weighted by molar-refractivity contribution is 5.93. The van der Waals surface area contributed by atoms with E-state index in [1.807, 2.05) is 30.3 Å². The molecule has 0 saturated heterocycles. The van der Waals surface area contributed by atoms with Gasteiger partial charge in [0.25, 0.3) is 0 Å². The number of pyridine rings is 1. The van der Waals surface area contributed by atoms with Crippen molar-refractivity contribution in [2.45, 2.75) is 0 Å². The highest BCUT2D eigenvalue weighted by Crippen LogP contribution is 2.25. The summed E-state index contributed by atoms with van der Waals surface area (Å²) in [6.45, 7) is 0. The van der Waals surface area contributed by atoms with Gasteiger partial charge in [-0.3, -0.25) is 0 Å². The van der Waals surface area contributed by atoms with E-state index >= 15 is 0 Å². The minimum absolute atomic E-state index is 0.355. The number of aromatic carboxylic acids is 1. The Balaban J connectivity index is 1.99. The molecule has 4 nitrogen and oxygen atoms in total. The van der Waals surface area contributed by atoms with Gasteiger partial charge in [-0.15, -0.1) is 0 Å². The van der Waals surface area contributed by atoms with Crippen LogP contribution in [0.25, 0.3) is 10.8 Å². The average Bonchev–Trinajstić information content (AvgIpc) is 2.47. The van der Waals surface area contributed by atoms with E-state index in [-0.39, 0.29) is 5.56 Å². The lowest BCUT2D eigenvalue weighted by Crippen LogP contribution is -2.02. The number of nitrogens with one attached hydrogen (secondary N) is 1. The predicted molar refractivity (Wildman–Crippen MR) is 78.4 cm³/mol. The average molecular weight is 282 g/mol. The smallest absolute Gasteiger partial charge is 0.338 e. The number of hydrogen-bond acceptors (Lipinski definition) is 3. The summed E-state index contributed by atoms with van der Waals surface area (Å²) in [6, 6.07) is 13.4. The summed E-state index contributed by atoms with van der Waals surface area (Å²) in [6.07, 6.45) is 1.66. The third-order valence-corrected chi connectivity index (χ3v) is 3.14. The number of rotatable bonds is 3. The van der Waals surface area contributed by atoms with Gasteiger partial charge in [-0.25, -0.2) is 14.2 Å². The van der Waals surface area contributed by atoms with Gasteiger partial charge in [-0.2, -0.15) is 0 Å². The maximum Gasteiger partial charge on any atom is 0.338 e. The van der Waals surface area contributed by atoms with Crippen LogP contribution in [-0.2, 0) is 0 Å². The van der Waals surface area contributed by atoms with Crippen LogP contribution in [0.2, 0.25) is 0 Å². The zero-order valence-corrected chi connectivity index (χ0v) is 10.9. The van der Waals surface area contributed by atoms with Crippen LogP contribution < -0.4 is 5.32 Å². The van der Waals surface area contributed by atoms with E-state index in [2.05, 4.69) is 10.3 Å². The van der Waals surface area contributed by atoms with Crippen LogP contribution in [0.3, 0.4) is 0 Å². The Morgan fingerprint density at radius 2 is 1.95 bits per heavy atom. The second-order valence-electron chi connectivity index (χ2n) is 4.51. The number of fused-ring (bicyclic) bond motifs is 1. The fourth-order valence-corrected chi connectivity index (χ4v) is 2.12. The van der Waals surface area contributed by atoms with Gasteiger partial charge in [-0.1, -0.05) is 24.3 Å². The molecule has 0 unspecified atom stereocenters. The van der Waals surface area contributed by atoms with E-state index in [0.717, 1.165) is 16.8 Å². The van der Waals surface area contributed by atoms with Crippen LogP contribution in [0.1, 0.15) is 10.4 Å². The molecule has 0 saturated carbocycles. The van der Waals surface area contributed by atoms with Crippen molar-refractivity contribution in [1.82, 2.24) is 4.98 Å². The first kappa shape index (κ1) is 13.1. The van der Waals surface area contributed by atoms with Crippen LogP contribution in [0.5, 0.6) is 0 Å². The molecule has 0 atom stereocenters. The van der Waals surface area contributed by atoms with Crippen LogP contribution >= 0.6 is 0 Å². The Kier molecular flexibility index (Phi) is 3.23. The van der Waals surface area contributed by atoms with Gasteiger partial charge in [0.15, 0.2) is 0 Å². The van der Waals surface area contributed by atoms with Crippen molar-refractivity contribution in [3.63, 3.8) is 0 Å². The van der Waals surface area contributed by atoms with Crippen molar-refractivity contribution in [2.75, 3.05) is 5.32 Å². The summed E-state index contributed by atoms with van der Waals surface area (Å²) in [5.74, 6) is -1.48. The number of carboxylic acid groups (broad SMARTS) is 1. The molecule has 0 amide bonds. The normalized spacial score (nSPS) is 10.5. The van der Waals surface area contributed by atoms with Crippen molar-refractivity contribution in [3.8, 4) is 0 Å². The quantitative estimate of drug-likeness (QED) is 0.766. The van der Waals surface area contributed by atoms with E-state index < -0.39 is 11.8 Å². The van der Waals surface area contributed by atoms with Gasteiger partial charge in [0.05, 0.1) is 5.56 Å². The number of carboxylic acids is 1. The fraction of sp³-hybridized carbons (Fsp3) is 0. The Hall–Kier alpha value is -2.95. The number of nitrogens with zero attached hydrogens (tertiary/aromatic N) is 1. The lowest BCUT2D eigenvalue weighted by molar-refractivity contribution is 0.0692. The molecule has 5 heteroatoms. The van der Waals surface area contributed by atoms with E-state index in [0.29, 0.717) is 11.5 Å². The van der Waals surface area contributed by atoms with Gasteiger partial charge in [0.2, 0.25) is 0 Å². The van der Waals surface area contributed by atoms with Crippen molar-refractivity contribution >= 4 is 28.2 Å². The van der Waals surface area contributed by atoms with Crippen molar-refractivity contribution in [3.05, 3.63) is 66.1 Å². The van der Waals surface area contributed by atoms with E-state index in [4.69, 9.17) is 5.11 Å². The summed E-state index contributed by atoms with van der Waals surface area (Å²) in [5, 5.41) is 13.7. The van der Waals surface area contributed by atoms with Crippen LogP contribution in [0, 0.1) is 5.82 Å². The standard InChI is InChI=1S/C16H11FN2O2/c17-14-9-11(5-6-13(14)16(20)21)19-15-12-4-2-1-3-10(12)7-8-18-15/h1-9H,(H,18,19)(H,20,21). The fourth-order valence-electron chi connectivity index (χ4n) is 2.12. The maximum atomic E-state index is 13.7. The molecule has 0 bridgehead atoms. The molecule has 21 heavy (non-hydrogen) atoms. The van der Waals surface area contributed by atoms with Gasteiger partial charge in [0, 0.05) is 17.3 Å². The van der Waals surface area contributed by atoms with Crippen LogP contribution in [-0.4, -0.2) is 16.1 Å². The van der Waals surface area contributed by atoms with E-state index in [1.54, 1.807) is 6.20 Å². The molecular formula is C16H11FN2O2. The first-order valence-corrected chi connectivity index (χ1v) is 6.29. The highest BCUT2D eigenvalue weighted by Gasteiger charge is 2.11. The number of carbonyl (C=O) groups is 1. The summed E-state index contributed by atoms with van der Waals surface area (Å²) < 4.78 is 13.7. The molecule has 2 N–H and O–H groups in total. The topological polar surface area (TPSA) is 62.2 Å². The maximum absolute atomic E-state index is 13.7. The number of benzene rings is 2. The van der Waals surface area contributed by atoms with Crippen LogP contribution in [0.15, 0.2) is 54.7 Å². The molecule has 0 fully saturated rings. The molecular weight excluding hydrogens is 271 g/mol. The molecule has 0 aliphatic heterocycles. The Morgan fingerprint density at radius 1 is 1.14 bits per heavy atom. The van der Waals surface area contributed by atoms with Gasteiger partial charge < -0.3 is 10.4 Å². The molecule has 0 spiro atoms. The number of halogens is 1. The van der Waals surface area contributed by atoms with Gasteiger partial charge in [0.1, 0.15) is 11.6 Å². The van der Waals surface area contributed by atoms with Gasteiger partial charge in [-0.05, 0) is 29.7 Å². The van der Waals surface area contributed by atoms with Gasteiger partial charge >= 0.3 is 5.97 Å². The second kappa shape index (κ2) is 5.20. The summed E-state index contributed by atoms with van der Waals surface area (Å²) in [5.41, 5.74) is 0.0905. The minimum Gasteiger partial charge on any atom is -0.478 e. The SMILES string of the molecule is O=C(O)c1ccc(Nc2nccc3ccccc23)cc1F. The largest absolute Gasteiger partial charge is 0.478 e. The van der Waals surface area contributed by atoms with E-state index in [1.165, 1.54) is 12.1 Å². The molecule has 1 heterocycles. The monoisotopic (exact) mass is 282 g/mol. The molecule has 0 radical (unpaired) electrons. The number of hydrogen-bond donors (Lipinski definition) is 2. The van der Waals surface area contributed by atoms with Crippen molar-refractivity contribution < 1.29 is 14.3 Å². The third-order valence-electron chi connectivity index (χ3n) is 3.14. The Labute approximate surface area is 119 Å². The molecule has 2 aromatic carbocycles. The number of anilines is 2. The molecule has 3 rings (SSSR count). The molecule has 1 aromatic heterocycles. The first-order chi connectivity index (χ1) is 10.1. The molecule has 0 aliphatic rings. The minimum atomic E-state index is -1.29. The molecule has 104 valence electrons. The highest BCUT2D eigenvalue weighted by atomic mass is 19.1. The second-order valence-corrected chi connectivity index (χ2v) is 4.51. The molecule has 3 aromatic rings. The van der Waals surface area contributed by atoms with Crippen LogP contribution in [0.4, 0.5) is 15.9 Å². The summed E-state index contributed by atoms with van der Waals surface area (Å²) in [7, 11) is 0. The zero-order chi connectivity index (χ0) is 14.8. The summed E-state index contributed by atoms with van der Waals surface area (Å²) >= 11 is 0. The predicted octanol–water partition coefficient (Wildman–Crippen LogP) is 3.82. The lowest BCUT2D eigenvalue weighted by Gasteiger charge is -2.09. The zero-order valence-electron chi connectivity index (χ0n) is 10.9. The van der Waals surface area contributed by atoms with E-state index in [9.17, 15) is 9.18 Å². The number of aromatic nitrogens is 1. The van der Waals surface area contributed by atoms with Crippen molar-refractivity contribution in [1.29, 1.82) is 0 Å². The Morgan fingerprint density at radius 3 is 2.71 bits per heavy atom. The van der Waals surface area contributed by atoms with Crippen molar-refractivity contribution in [2.24, 2.45) is 0 Å². The summed E-state index contributed by atoms with van der Waals surface area (Å²) in [4.78, 5) is 15.0.